The van der Waals surface area contributed by atoms with Gasteiger partial charge in [0.25, 0.3) is 0 Å². The second-order valence-electron chi connectivity index (χ2n) is 2.76. The van der Waals surface area contributed by atoms with Gasteiger partial charge in [0.1, 0.15) is 10.8 Å². The molecule has 2 aromatic rings. The number of hydrogen-bond donors (Lipinski definition) is 2. The summed E-state index contributed by atoms with van der Waals surface area (Å²) < 4.78 is 4.10. The van der Waals surface area contributed by atoms with Crippen LogP contribution in [0.5, 0.6) is 0 Å². The molecular weight excluding hydrogens is 196 g/mol. The van der Waals surface area contributed by atoms with Gasteiger partial charge in [-0.2, -0.15) is 4.37 Å². The number of nitrogens with one attached hydrogen (secondary N) is 1. The summed E-state index contributed by atoms with van der Waals surface area (Å²) in [5, 5.41) is 4.05. The molecule has 5 heteroatoms. The van der Waals surface area contributed by atoms with E-state index < -0.39 is 0 Å². The average molecular weight is 206 g/mol. The molecule has 72 valence electrons. The van der Waals surface area contributed by atoms with Crippen LogP contribution in [0.15, 0.2) is 24.5 Å². The number of pyridine rings is 1. The van der Waals surface area contributed by atoms with Crippen LogP contribution < -0.4 is 11.1 Å². The van der Waals surface area contributed by atoms with Crippen molar-refractivity contribution in [2.75, 3.05) is 18.1 Å². The number of nitrogens with zero attached hydrogens (tertiary/aromatic N) is 2. The van der Waals surface area contributed by atoms with Crippen LogP contribution in [-0.2, 0) is 0 Å². The summed E-state index contributed by atoms with van der Waals surface area (Å²) in [6.07, 6.45) is 3.48. The van der Waals surface area contributed by atoms with Crippen molar-refractivity contribution in [1.82, 2.24) is 9.36 Å². The number of nitrogens with two attached hydrogens (primary N) is 1. The van der Waals surface area contributed by atoms with E-state index in [4.69, 9.17) is 5.73 Å². The van der Waals surface area contributed by atoms with Gasteiger partial charge >= 0.3 is 0 Å². The standard InChI is InChI=1S/C9H10N4S/c1-11-9-7(8(10)13-14-9)6-2-4-12-5-3-6/h2-5,11H,1H3,(H2,10,13). The molecule has 0 amide bonds. The van der Waals surface area contributed by atoms with E-state index in [9.17, 15) is 0 Å². The molecule has 2 aromatic heterocycles. The molecule has 0 fully saturated rings. The molecule has 0 aliphatic heterocycles. The Morgan fingerprint density at radius 3 is 2.71 bits per heavy atom. The molecule has 0 aliphatic rings. The van der Waals surface area contributed by atoms with Crippen LogP contribution in [-0.4, -0.2) is 16.4 Å². The molecule has 14 heavy (non-hydrogen) atoms. The average Bonchev–Trinajstić information content (AvgIpc) is 2.61. The van der Waals surface area contributed by atoms with Crippen LogP contribution in [0.25, 0.3) is 11.1 Å². The van der Waals surface area contributed by atoms with Crippen LogP contribution >= 0.6 is 11.5 Å². The van der Waals surface area contributed by atoms with Gasteiger partial charge in [0.2, 0.25) is 0 Å². The van der Waals surface area contributed by atoms with Gasteiger partial charge in [-0.05, 0) is 29.2 Å². The van der Waals surface area contributed by atoms with Gasteiger partial charge in [-0.25, -0.2) is 0 Å². The molecule has 0 unspecified atom stereocenters. The third kappa shape index (κ3) is 1.42. The lowest BCUT2D eigenvalue weighted by atomic mass is 10.1. The number of rotatable bonds is 2. The predicted molar refractivity (Wildman–Crippen MR) is 59.3 cm³/mol. The molecule has 0 saturated carbocycles. The van der Waals surface area contributed by atoms with Crippen LogP contribution in [0.1, 0.15) is 0 Å². The zero-order valence-corrected chi connectivity index (χ0v) is 8.51. The maximum Gasteiger partial charge on any atom is 0.147 e. The van der Waals surface area contributed by atoms with Gasteiger partial charge in [0.15, 0.2) is 0 Å². The predicted octanol–water partition coefficient (Wildman–Crippen LogP) is 1.83. The molecule has 0 aliphatic carbocycles. The summed E-state index contributed by atoms with van der Waals surface area (Å²) in [4.78, 5) is 3.96. The summed E-state index contributed by atoms with van der Waals surface area (Å²) in [6.45, 7) is 0. The first kappa shape index (κ1) is 8.96. The number of nitrogen functional groups attached to an aromatic ring is 1. The minimum absolute atomic E-state index is 0.561. The molecule has 0 radical (unpaired) electrons. The van der Waals surface area contributed by atoms with Crippen molar-refractivity contribution in [1.29, 1.82) is 0 Å². The van der Waals surface area contributed by atoms with Crippen LogP contribution in [0, 0.1) is 0 Å². The van der Waals surface area contributed by atoms with Gasteiger partial charge in [-0.1, -0.05) is 0 Å². The molecule has 0 bridgehead atoms. The van der Waals surface area contributed by atoms with Crippen LogP contribution in [0.3, 0.4) is 0 Å². The zero-order valence-electron chi connectivity index (χ0n) is 7.69. The lowest BCUT2D eigenvalue weighted by Gasteiger charge is -2.02. The van der Waals surface area contributed by atoms with E-state index in [0.29, 0.717) is 5.82 Å². The van der Waals surface area contributed by atoms with E-state index in [-0.39, 0.29) is 0 Å². The molecule has 4 nitrogen and oxygen atoms in total. The molecule has 0 saturated heterocycles. The Bertz CT molecular complexity index is 424. The Hall–Kier alpha value is -1.62. The Kier molecular flexibility index (Phi) is 2.32. The third-order valence-corrected chi connectivity index (χ3v) is 2.79. The largest absolute Gasteiger partial charge is 0.382 e. The first-order chi connectivity index (χ1) is 6.83. The molecule has 0 aromatic carbocycles. The van der Waals surface area contributed by atoms with E-state index in [1.54, 1.807) is 12.4 Å². The fourth-order valence-corrected chi connectivity index (χ4v) is 1.96. The maximum atomic E-state index is 5.79. The highest BCUT2D eigenvalue weighted by Gasteiger charge is 2.11. The molecular formula is C9H10N4S. The SMILES string of the molecule is CNc1snc(N)c1-c1ccncc1. The van der Waals surface area contributed by atoms with Gasteiger partial charge in [-0.3, -0.25) is 4.98 Å². The normalized spacial score (nSPS) is 10.1. The molecule has 0 spiro atoms. The van der Waals surface area contributed by atoms with Crippen molar-refractivity contribution in [2.24, 2.45) is 0 Å². The maximum absolute atomic E-state index is 5.79. The van der Waals surface area contributed by atoms with E-state index in [2.05, 4.69) is 14.7 Å². The van der Waals surface area contributed by atoms with Gasteiger partial charge < -0.3 is 11.1 Å². The Morgan fingerprint density at radius 2 is 2.07 bits per heavy atom. The monoisotopic (exact) mass is 206 g/mol. The lowest BCUT2D eigenvalue weighted by molar-refractivity contribution is 1.33. The lowest BCUT2D eigenvalue weighted by Crippen LogP contribution is -1.91. The Balaban J connectivity index is 2.55. The van der Waals surface area contributed by atoms with Crippen molar-refractivity contribution < 1.29 is 0 Å². The van der Waals surface area contributed by atoms with Crippen LogP contribution in [0.2, 0.25) is 0 Å². The van der Waals surface area contributed by atoms with E-state index >= 15 is 0 Å². The van der Waals surface area contributed by atoms with Crippen molar-refractivity contribution in [3.63, 3.8) is 0 Å². The smallest absolute Gasteiger partial charge is 0.147 e. The third-order valence-electron chi connectivity index (χ3n) is 1.91. The molecule has 2 rings (SSSR count). The van der Waals surface area contributed by atoms with Crippen molar-refractivity contribution in [3.05, 3.63) is 24.5 Å². The highest BCUT2D eigenvalue weighted by Crippen LogP contribution is 2.35. The first-order valence-electron chi connectivity index (χ1n) is 4.16. The highest BCUT2D eigenvalue weighted by molar-refractivity contribution is 7.11. The van der Waals surface area contributed by atoms with Crippen molar-refractivity contribution in [3.8, 4) is 11.1 Å². The topological polar surface area (TPSA) is 63.8 Å². The second-order valence-corrected chi connectivity index (χ2v) is 3.53. The first-order valence-corrected chi connectivity index (χ1v) is 4.93. The zero-order chi connectivity index (χ0) is 9.97. The molecule has 0 atom stereocenters. The second kappa shape index (κ2) is 3.63. The summed E-state index contributed by atoms with van der Waals surface area (Å²) in [7, 11) is 1.86. The van der Waals surface area contributed by atoms with Gasteiger partial charge in [0, 0.05) is 19.4 Å². The molecule has 2 heterocycles. The fourth-order valence-electron chi connectivity index (χ4n) is 1.27. The number of anilines is 2. The summed E-state index contributed by atoms with van der Waals surface area (Å²) in [6, 6.07) is 3.84. The Labute approximate surface area is 86.0 Å². The summed E-state index contributed by atoms with van der Waals surface area (Å²) >= 11 is 1.36. The minimum atomic E-state index is 0.561. The summed E-state index contributed by atoms with van der Waals surface area (Å²) in [5.41, 5.74) is 7.78. The van der Waals surface area contributed by atoms with Crippen LogP contribution in [0.4, 0.5) is 10.8 Å². The van der Waals surface area contributed by atoms with E-state index in [1.807, 2.05) is 19.2 Å². The van der Waals surface area contributed by atoms with Crippen molar-refractivity contribution in [2.45, 2.75) is 0 Å². The Morgan fingerprint density at radius 1 is 1.36 bits per heavy atom. The quantitative estimate of drug-likeness (QED) is 0.786. The summed E-state index contributed by atoms with van der Waals surface area (Å²) in [5.74, 6) is 0.561. The highest BCUT2D eigenvalue weighted by atomic mass is 32.1. The number of hydrogen-bond acceptors (Lipinski definition) is 5. The van der Waals surface area contributed by atoms with Crippen molar-refractivity contribution >= 4 is 22.4 Å². The van der Waals surface area contributed by atoms with Gasteiger partial charge in [0.05, 0.1) is 5.56 Å². The van der Waals surface area contributed by atoms with E-state index in [0.717, 1.165) is 16.1 Å². The van der Waals surface area contributed by atoms with E-state index in [1.165, 1.54) is 11.5 Å². The molecule has 3 N–H and O–H groups in total. The fraction of sp³-hybridized carbons (Fsp3) is 0.111. The van der Waals surface area contributed by atoms with Gasteiger partial charge in [-0.15, -0.1) is 0 Å². The number of aromatic nitrogens is 2. The minimum Gasteiger partial charge on any atom is -0.382 e.